The SMILES string of the molecule is NC(=O)c1ccc2c(CCCO)c[nH]c2c1. The maximum Gasteiger partial charge on any atom is 0.248 e. The van der Waals surface area contributed by atoms with Crippen LogP contribution in [0, 0.1) is 0 Å². The Kier molecular flexibility index (Phi) is 2.92. The summed E-state index contributed by atoms with van der Waals surface area (Å²) < 4.78 is 0. The summed E-state index contributed by atoms with van der Waals surface area (Å²) in [5, 5.41) is 9.86. The van der Waals surface area contributed by atoms with E-state index in [0.29, 0.717) is 5.56 Å². The van der Waals surface area contributed by atoms with Crippen LogP contribution >= 0.6 is 0 Å². The van der Waals surface area contributed by atoms with Crippen LogP contribution in [0.5, 0.6) is 0 Å². The minimum atomic E-state index is -0.423. The van der Waals surface area contributed by atoms with Gasteiger partial charge in [0.2, 0.25) is 5.91 Å². The first-order chi connectivity index (χ1) is 7.72. The second-order valence-corrected chi connectivity index (χ2v) is 3.77. The largest absolute Gasteiger partial charge is 0.396 e. The van der Waals surface area contributed by atoms with Crippen LogP contribution in [0.1, 0.15) is 22.3 Å². The number of nitrogens with two attached hydrogens (primary N) is 1. The Morgan fingerprint density at radius 3 is 2.94 bits per heavy atom. The minimum absolute atomic E-state index is 0.187. The van der Waals surface area contributed by atoms with Crippen LogP contribution in [0.3, 0.4) is 0 Å². The fourth-order valence-corrected chi connectivity index (χ4v) is 1.82. The van der Waals surface area contributed by atoms with Crippen molar-refractivity contribution < 1.29 is 9.90 Å². The number of H-pyrrole nitrogens is 1. The average molecular weight is 218 g/mol. The summed E-state index contributed by atoms with van der Waals surface area (Å²) in [6.07, 6.45) is 3.47. The highest BCUT2D eigenvalue weighted by atomic mass is 16.2. The lowest BCUT2D eigenvalue weighted by Gasteiger charge is -1.98. The smallest absolute Gasteiger partial charge is 0.248 e. The van der Waals surface area contributed by atoms with Gasteiger partial charge in [-0.15, -0.1) is 0 Å². The second kappa shape index (κ2) is 4.37. The maximum atomic E-state index is 11.0. The molecule has 1 aromatic carbocycles. The molecule has 0 aliphatic rings. The second-order valence-electron chi connectivity index (χ2n) is 3.77. The zero-order chi connectivity index (χ0) is 11.5. The number of aryl methyl sites for hydroxylation is 1. The van der Waals surface area contributed by atoms with Gasteiger partial charge in [-0.1, -0.05) is 6.07 Å². The molecule has 16 heavy (non-hydrogen) atoms. The molecular weight excluding hydrogens is 204 g/mol. The van der Waals surface area contributed by atoms with Gasteiger partial charge < -0.3 is 15.8 Å². The molecule has 1 heterocycles. The number of rotatable bonds is 4. The van der Waals surface area contributed by atoms with Crippen LogP contribution in [-0.2, 0) is 6.42 Å². The summed E-state index contributed by atoms with van der Waals surface area (Å²) in [6, 6.07) is 5.36. The Labute approximate surface area is 93.1 Å². The number of primary amides is 1. The van der Waals surface area contributed by atoms with Crippen LogP contribution in [0.25, 0.3) is 10.9 Å². The van der Waals surface area contributed by atoms with Gasteiger partial charge in [0.05, 0.1) is 0 Å². The number of carbonyl (C=O) groups excluding carboxylic acids is 1. The molecule has 0 aliphatic heterocycles. The summed E-state index contributed by atoms with van der Waals surface area (Å²) in [7, 11) is 0. The lowest BCUT2D eigenvalue weighted by Crippen LogP contribution is -2.10. The van der Waals surface area contributed by atoms with E-state index in [1.54, 1.807) is 12.1 Å². The van der Waals surface area contributed by atoms with Crippen molar-refractivity contribution in [2.75, 3.05) is 6.61 Å². The summed E-state index contributed by atoms with van der Waals surface area (Å²) in [4.78, 5) is 14.1. The lowest BCUT2D eigenvalue weighted by molar-refractivity contribution is 0.100. The van der Waals surface area contributed by atoms with Crippen molar-refractivity contribution in [3.05, 3.63) is 35.5 Å². The van der Waals surface area contributed by atoms with Gasteiger partial charge >= 0.3 is 0 Å². The molecule has 4 heteroatoms. The summed E-state index contributed by atoms with van der Waals surface area (Å²) in [5.41, 5.74) is 7.77. The molecule has 0 saturated heterocycles. The molecule has 0 spiro atoms. The minimum Gasteiger partial charge on any atom is -0.396 e. The molecule has 4 N–H and O–H groups in total. The highest BCUT2D eigenvalue weighted by molar-refractivity contribution is 5.97. The lowest BCUT2D eigenvalue weighted by atomic mass is 10.1. The number of benzene rings is 1. The van der Waals surface area contributed by atoms with Gasteiger partial charge in [-0.05, 0) is 30.5 Å². The average Bonchev–Trinajstić information content (AvgIpc) is 2.68. The molecule has 0 radical (unpaired) electrons. The number of fused-ring (bicyclic) bond motifs is 1. The van der Waals surface area contributed by atoms with E-state index in [9.17, 15) is 4.79 Å². The van der Waals surface area contributed by atoms with E-state index in [0.717, 1.165) is 29.3 Å². The number of hydrogen-bond acceptors (Lipinski definition) is 2. The summed E-state index contributed by atoms with van der Waals surface area (Å²) in [5.74, 6) is -0.423. The third-order valence-corrected chi connectivity index (χ3v) is 2.66. The Hall–Kier alpha value is -1.81. The van der Waals surface area contributed by atoms with E-state index in [1.165, 1.54) is 0 Å². The van der Waals surface area contributed by atoms with E-state index in [1.807, 2.05) is 12.3 Å². The van der Waals surface area contributed by atoms with Crippen molar-refractivity contribution in [1.82, 2.24) is 4.98 Å². The van der Waals surface area contributed by atoms with Crippen molar-refractivity contribution >= 4 is 16.8 Å². The molecule has 4 nitrogen and oxygen atoms in total. The maximum absolute atomic E-state index is 11.0. The fourth-order valence-electron chi connectivity index (χ4n) is 1.82. The van der Waals surface area contributed by atoms with Crippen LogP contribution in [-0.4, -0.2) is 22.6 Å². The molecule has 1 aromatic heterocycles. The Bertz CT molecular complexity index is 517. The number of amides is 1. The Morgan fingerprint density at radius 1 is 1.44 bits per heavy atom. The van der Waals surface area contributed by atoms with Gasteiger partial charge in [0.1, 0.15) is 0 Å². The molecular formula is C12H14N2O2. The number of aromatic amines is 1. The van der Waals surface area contributed by atoms with Gasteiger partial charge in [-0.3, -0.25) is 4.79 Å². The molecule has 2 aromatic rings. The van der Waals surface area contributed by atoms with Crippen LogP contribution in [0.4, 0.5) is 0 Å². The molecule has 0 unspecified atom stereocenters. The zero-order valence-corrected chi connectivity index (χ0v) is 8.86. The standard InChI is InChI=1S/C12H14N2O2/c13-12(16)8-3-4-10-9(2-1-5-15)7-14-11(10)6-8/h3-4,6-7,14-15H,1-2,5H2,(H2,13,16). The van der Waals surface area contributed by atoms with Gasteiger partial charge in [-0.25, -0.2) is 0 Å². The van der Waals surface area contributed by atoms with Gasteiger partial charge in [-0.2, -0.15) is 0 Å². The molecule has 2 rings (SSSR count). The molecule has 0 bridgehead atoms. The van der Waals surface area contributed by atoms with E-state index in [4.69, 9.17) is 10.8 Å². The summed E-state index contributed by atoms with van der Waals surface area (Å²) >= 11 is 0. The normalized spacial score (nSPS) is 10.8. The van der Waals surface area contributed by atoms with Crippen molar-refractivity contribution in [3.8, 4) is 0 Å². The van der Waals surface area contributed by atoms with Crippen molar-refractivity contribution in [2.24, 2.45) is 5.73 Å². The Morgan fingerprint density at radius 2 is 2.25 bits per heavy atom. The monoisotopic (exact) mass is 218 g/mol. The van der Waals surface area contributed by atoms with Crippen molar-refractivity contribution in [2.45, 2.75) is 12.8 Å². The van der Waals surface area contributed by atoms with Gasteiger partial charge in [0.15, 0.2) is 0 Å². The number of aromatic nitrogens is 1. The number of aliphatic hydroxyl groups is 1. The first kappa shape index (κ1) is 10.7. The van der Waals surface area contributed by atoms with Gasteiger partial charge in [0, 0.05) is 29.3 Å². The van der Waals surface area contributed by atoms with Crippen LogP contribution in [0.15, 0.2) is 24.4 Å². The molecule has 0 aliphatic carbocycles. The predicted molar refractivity (Wildman–Crippen MR) is 62.2 cm³/mol. The zero-order valence-electron chi connectivity index (χ0n) is 8.86. The predicted octanol–water partition coefficient (Wildman–Crippen LogP) is 1.19. The van der Waals surface area contributed by atoms with Crippen LogP contribution < -0.4 is 5.73 Å². The Balaban J connectivity index is 2.38. The van der Waals surface area contributed by atoms with Gasteiger partial charge in [0.25, 0.3) is 0 Å². The fraction of sp³-hybridized carbons (Fsp3) is 0.250. The number of aliphatic hydroxyl groups excluding tert-OH is 1. The molecule has 0 saturated carbocycles. The van der Waals surface area contributed by atoms with E-state index in [-0.39, 0.29) is 6.61 Å². The van der Waals surface area contributed by atoms with E-state index in [2.05, 4.69) is 4.98 Å². The molecule has 0 fully saturated rings. The quantitative estimate of drug-likeness (QED) is 0.720. The first-order valence-electron chi connectivity index (χ1n) is 5.23. The van der Waals surface area contributed by atoms with E-state index >= 15 is 0 Å². The number of hydrogen-bond donors (Lipinski definition) is 3. The van der Waals surface area contributed by atoms with Crippen LogP contribution in [0.2, 0.25) is 0 Å². The number of nitrogens with one attached hydrogen (secondary N) is 1. The highest BCUT2D eigenvalue weighted by Gasteiger charge is 2.06. The highest BCUT2D eigenvalue weighted by Crippen LogP contribution is 2.20. The topological polar surface area (TPSA) is 79.1 Å². The third kappa shape index (κ3) is 1.92. The summed E-state index contributed by atoms with van der Waals surface area (Å²) in [6.45, 7) is 0.187. The first-order valence-corrected chi connectivity index (χ1v) is 5.23. The number of carbonyl (C=O) groups is 1. The molecule has 0 atom stereocenters. The van der Waals surface area contributed by atoms with Crippen molar-refractivity contribution in [3.63, 3.8) is 0 Å². The van der Waals surface area contributed by atoms with E-state index < -0.39 is 5.91 Å². The molecule has 1 amide bonds. The van der Waals surface area contributed by atoms with Crippen molar-refractivity contribution in [1.29, 1.82) is 0 Å². The molecule has 84 valence electrons. The third-order valence-electron chi connectivity index (χ3n) is 2.66.